The molecule has 0 radical (unpaired) electrons. The van der Waals surface area contributed by atoms with Crippen LogP contribution in [-0.2, 0) is 0 Å². The second-order valence-corrected chi connectivity index (χ2v) is 12.3. The summed E-state index contributed by atoms with van der Waals surface area (Å²) in [5.74, 6) is 2.20. The zero-order valence-corrected chi connectivity index (χ0v) is 10.4. The van der Waals surface area contributed by atoms with Gasteiger partial charge in [-0.25, -0.2) is 0 Å². The Morgan fingerprint density at radius 2 is 1.90 bits per heavy atom. The first-order valence-corrected chi connectivity index (χ1v) is 8.82. The van der Waals surface area contributed by atoms with Crippen molar-refractivity contribution in [1.82, 2.24) is 0 Å². The molecule has 10 heavy (non-hydrogen) atoms. The van der Waals surface area contributed by atoms with Crippen molar-refractivity contribution in [2.24, 2.45) is 0 Å². The Morgan fingerprint density at radius 3 is 2.30 bits per heavy atom. The summed E-state index contributed by atoms with van der Waals surface area (Å²) in [7, 11) is -1.05. The molecule has 0 N–H and O–H groups in total. The van der Waals surface area contributed by atoms with Crippen LogP contribution in [0.5, 0.6) is 0 Å². The molecule has 0 amide bonds. The van der Waals surface area contributed by atoms with E-state index in [0.29, 0.717) is 4.58 Å². The molecular formula is C4H10S6. The highest BCUT2D eigenvalue weighted by atomic mass is 33.5. The summed E-state index contributed by atoms with van der Waals surface area (Å²) < 4.78 is 0.559. The zero-order chi connectivity index (χ0) is 7.78. The summed E-state index contributed by atoms with van der Waals surface area (Å²) in [4.78, 5) is 0. The van der Waals surface area contributed by atoms with E-state index in [1.807, 2.05) is 11.8 Å². The summed E-state index contributed by atoms with van der Waals surface area (Å²) in [6.07, 6.45) is 0. The van der Waals surface area contributed by atoms with Crippen LogP contribution in [0.3, 0.4) is 0 Å². The van der Waals surface area contributed by atoms with Gasteiger partial charge in [0.05, 0.1) is 9.16 Å². The molecule has 2 unspecified atom stereocenters. The van der Waals surface area contributed by atoms with E-state index in [4.69, 9.17) is 0 Å². The maximum Gasteiger partial charge on any atom is 0.0689 e. The summed E-state index contributed by atoms with van der Waals surface area (Å²) >= 11 is 19.6. The summed E-state index contributed by atoms with van der Waals surface area (Å²) in [5, 5.41) is 0. The second kappa shape index (κ2) is 3.87. The van der Waals surface area contributed by atoms with E-state index in [9.17, 15) is 0 Å². The van der Waals surface area contributed by atoms with Crippen molar-refractivity contribution in [3.63, 3.8) is 0 Å². The zero-order valence-electron chi connectivity index (χ0n) is 5.17. The Morgan fingerprint density at radius 1 is 1.30 bits per heavy atom. The van der Waals surface area contributed by atoms with Crippen molar-refractivity contribution < 1.29 is 0 Å². The lowest BCUT2D eigenvalue weighted by molar-refractivity contribution is 1.31. The third-order valence-electron chi connectivity index (χ3n) is 1.30. The maximum absolute atomic E-state index is 4.48. The van der Waals surface area contributed by atoms with Gasteiger partial charge in [0, 0.05) is 11.5 Å². The highest BCUT2D eigenvalue weighted by molar-refractivity contribution is 9.19. The first kappa shape index (κ1) is 10.2. The molecule has 0 aliphatic carbocycles. The average molecular weight is 251 g/mol. The summed E-state index contributed by atoms with van der Waals surface area (Å²) in [6.45, 7) is 0. The molecule has 1 aliphatic rings. The van der Waals surface area contributed by atoms with E-state index in [-0.39, 0.29) is 4.58 Å². The van der Waals surface area contributed by atoms with E-state index in [2.05, 4.69) is 48.6 Å². The van der Waals surface area contributed by atoms with Gasteiger partial charge in [0.2, 0.25) is 0 Å². The van der Waals surface area contributed by atoms with E-state index in [0.717, 1.165) is 11.5 Å². The Bertz CT molecular complexity index is 123. The van der Waals surface area contributed by atoms with Crippen LogP contribution in [0.4, 0.5) is 0 Å². The molecule has 0 nitrogen and oxygen atoms in total. The van der Waals surface area contributed by atoms with Crippen LogP contribution in [0.25, 0.3) is 0 Å². The normalized spacial score (nSPS) is 42.8. The largest absolute Gasteiger partial charge is 0.163 e. The number of rotatable bonds is 0. The van der Waals surface area contributed by atoms with Crippen LogP contribution in [0, 0.1) is 0 Å². The molecule has 1 fully saturated rings. The van der Waals surface area contributed by atoms with Crippen molar-refractivity contribution >= 4 is 68.4 Å². The summed E-state index contributed by atoms with van der Waals surface area (Å²) in [5.41, 5.74) is 0. The molecule has 6 heteroatoms. The maximum atomic E-state index is 4.48. The minimum absolute atomic E-state index is 0.251. The van der Waals surface area contributed by atoms with Gasteiger partial charge in [-0.05, 0) is 0 Å². The van der Waals surface area contributed by atoms with Gasteiger partial charge < -0.3 is 0 Å². The highest BCUT2D eigenvalue weighted by Crippen LogP contribution is 2.67. The molecule has 1 saturated heterocycles. The molecule has 0 saturated carbocycles. The molecule has 1 rings (SSSR count). The van der Waals surface area contributed by atoms with Gasteiger partial charge in [0.15, 0.2) is 0 Å². The SMILES string of the molecule is SC1SCCS(S)(S)C1S. The molecule has 0 aromatic heterocycles. The third-order valence-corrected chi connectivity index (χ3v) is 10.9. The van der Waals surface area contributed by atoms with Gasteiger partial charge in [0.25, 0.3) is 0 Å². The van der Waals surface area contributed by atoms with Crippen LogP contribution >= 0.6 is 68.4 Å². The standard InChI is InChI=1S/C4H10S6/c5-3-4(6)10(7,8)2-1-9-3/h3-8H,1-2H2. The minimum Gasteiger partial charge on any atom is -0.163 e. The van der Waals surface area contributed by atoms with Crippen LogP contribution in [0.1, 0.15) is 0 Å². The van der Waals surface area contributed by atoms with E-state index < -0.39 is 8.09 Å². The number of thiol groups is 4. The van der Waals surface area contributed by atoms with Crippen molar-refractivity contribution in [2.45, 2.75) is 9.16 Å². The predicted octanol–water partition coefficient (Wildman–Crippen LogP) is 2.74. The van der Waals surface area contributed by atoms with Crippen LogP contribution in [-0.4, -0.2) is 20.7 Å². The number of hydrogen-bond acceptors (Lipinski definition) is 5. The lowest BCUT2D eigenvalue weighted by Gasteiger charge is -2.41. The van der Waals surface area contributed by atoms with E-state index >= 15 is 0 Å². The van der Waals surface area contributed by atoms with Gasteiger partial charge >= 0.3 is 0 Å². The number of thioether (sulfide) groups is 1. The van der Waals surface area contributed by atoms with Crippen molar-refractivity contribution in [3.8, 4) is 0 Å². The fourth-order valence-electron chi connectivity index (χ4n) is 0.681. The predicted molar refractivity (Wildman–Crippen MR) is 68.4 cm³/mol. The quantitative estimate of drug-likeness (QED) is 0.379. The van der Waals surface area contributed by atoms with Crippen molar-refractivity contribution in [2.75, 3.05) is 11.5 Å². The van der Waals surface area contributed by atoms with E-state index in [1.165, 1.54) is 0 Å². The first-order chi connectivity index (χ1) is 4.54. The van der Waals surface area contributed by atoms with E-state index in [1.54, 1.807) is 0 Å². The van der Waals surface area contributed by atoms with Gasteiger partial charge in [-0.15, -0.1) is 43.2 Å². The summed E-state index contributed by atoms with van der Waals surface area (Å²) in [6, 6.07) is 0. The average Bonchev–Trinajstić information content (AvgIpc) is 1.83. The third kappa shape index (κ3) is 2.29. The molecule has 62 valence electrons. The van der Waals surface area contributed by atoms with Crippen LogP contribution in [0.2, 0.25) is 0 Å². The van der Waals surface area contributed by atoms with Gasteiger partial charge in [-0.2, -0.15) is 25.3 Å². The molecule has 0 bridgehead atoms. The Hall–Kier alpha value is 2.10. The smallest absolute Gasteiger partial charge is 0.0689 e. The number of hydrogen-bond donors (Lipinski definition) is 4. The molecule has 1 aliphatic heterocycles. The van der Waals surface area contributed by atoms with Gasteiger partial charge in [0.1, 0.15) is 0 Å². The fourth-order valence-corrected chi connectivity index (χ4v) is 8.53. The molecule has 0 aromatic rings. The molecule has 2 atom stereocenters. The van der Waals surface area contributed by atoms with Crippen LogP contribution < -0.4 is 0 Å². The molecule has 1 heterocycles. The second-order valence-electron chi connectivity index (χ2n) is 2.07. The van der Waals surface area contributed by atoms with Crippen LogP contribution in [0.15, 0.2) is 0 Å². The molecular weight excluding hydrogens is 240 g/mol. The van der Waals surface area contributed by atoms with Crippen molar-refractivity contribution in [3.05, 3.63) is 0 Å². The van der Waals surface area contributed by atoms with Gasteiger partial charge in [-0.1, -0.05) is 0 Å². The highest BCUT2D eigenvalue weighted by Gasteiger charge is 2.33. The Labute approximate surface area is 88.4 Å². The monoisotopic (exact) mass is 250 g/mol. The first-order valence-electron chi connectivity index (χ1n) is 2.76. The Balaban J connectivity index is 2.60. The lowest BCUT2D eigenvalue weighted by atomic mass is 10.9. The van der Waals surface area contributed by atoms with Gasteiger partial charge in [-0.3, -0.25) is 0 Å². The van der Waals surface area contributed by atoms with Crippen molar-refractivity contribution in [1.29, 1.82) is 0 Å². The molecule has 0 spiro atoms. The lowest BCUT2D eigenvalue weighted by Crippen LogP contribution is -2.23. The minimum atomic E-state index is -1.05. The fraction of sp³-hybridized carbons (Fsp3) is 1.00. The topological polar surface area (TPSA) is 0 Å². The Kier molecular flexibility index (Phi) is 3.94. The molecule has 0 aromatic carbocycles.